The van der Waals surface area contributed by atoms with Crippen LogP contribution < -0.4 is 5.32 Å². The number of thiazole rings is 1. The molecule has 0 unspecified atom stereocenters. The smallest absolute Gasteiger partial charge is 0.258 e. The van der Waals surface area contributed by atoms with E-state index in [9.17, 15) is 4.79 Å². The molecule has 1 fully saturated rings. The number of hydrogen-bond acceptors (Lipinski definition) is 4. The van der Waals surface area contributed by atoms with Gasteiger partial charge in [0.2, 0.25) is 0 Å². The summed E-state index contributed by atoms with van der Waals surface area (Å²) in [6.45, 7) is 5.64. The van der Waals surface area contributed by atoms with E-state index in [0.29, 0.717) is 15.7 Å². The molecule has 1 aromatic heterocycles. The average Bonchev–Trinajstić information content (AvgIpc) is 3.05. The number of hydrogen-bond donors (Lipinski definition) is 1. The zero-order chi connectivity index (χ0) is 18.8. The Morgan fingerprint density at radius 1 is 1.26 bits per heavy atom. The number of piperidine rings is 1. The predicted molar refractivity (Wildman–Crippen MR) is 113 cm³/mol. The Balaban J connectivity index is 1.48. The molecule has 0 saturated carbocycles. The van der Waals surface area contributed by atoms with Gasteiger partial charge >= 0.3 is 0 Å². The molecule has 1 amide bonds. The van der Waals surface area contributed by atoms with Gasteiger partial charge in [-0.15, -0.1) is 0 Å². The molecule has 1 aliphatic rings. The van der Waals surface area contributed by atoms with Gasteiger partial charge in [-0.05, 0) is 61.7 Å². The van der Waals surface area contributed by atoms with E-state index in [-0.39, 0.29) is 5.91 Å². The van der Waals surface area contributed by atoms with Crippen LogP contribution >= 0.6 is 22.9 Å². The van der Waals surface area contributed by atoms with Crippen LogP contribution in [0.25, 0.3) is 10.2 Å². The Kier molecular flexibility index (Phi) is 5.43. The van der Waals surface area contributed by atoms with Gasteiger partial charge in [-0.3, -0.25) is 15.0 Å². The van der Waals surface area contributed by atoms with Crippen LogP contribution in [-0.4, -0.2) is 28.9 Å². The Hall–Kier alpha value is -1.95. The first-order chi connectivity index (χ1) is 13.1. The van der Waals surface area contributed by atoms with E-state index in [1.807, 2.05) is 6.07 Å². The number of benzene rings is 2. The van der Waals surface area contributed by atoms with E-state index in [0.717, 1.165) is 22.7 Å². The van der Waals surface area contributed by atoms with Crippen molar-refractivity contribution in [3.63, 3.8) is 0 Å². The Labute approximate surface area is 168 Å². The van der Waals surface area contributed by atoms with Crippen LogP contribution in [0, 0.1) is 5.92 Å². The Bertz CT molecular complexity index is 963. The van der Waals surface area contributed by atoms with E-state index < -0.39 is 0 Å². The van der Waals surface area contributed by atoms with Crippen LogP contribution in [0.3, 0.4) is 0 Å². The van der Waals surface area contributed by atoms with Crippen molar-refractivity contribution in [2.45, 2.75) is 26.3 Å². The molecular weight excluding hydrogens is 378 g/mol. The molecule has 0 radical (unpaired) electrons. The summed E-state index contributed by atoms with van der Waals surface area (Å²) in [6.07, 6.45) is 2.56. The molecule has 1 aliphatic heterocycles. The number of amides is 1. The van der Waals surface area contributed by atoms with Gasteiger partial charge in [-0.2, -0.15) is 0 Å². The number of aromatic nitrogens is 1. The van der Waals surface area contributed by atoms with Crippen molar-refractivity contribution >= 4 is 44.2 Å². The van der Waals surface area contributed by atoms with Crippen LogP contribution in [0.2, 0.25) is 5.02 Å². The Morgan fingerprint density at radius 2 is 2.04 bits per heavy atom. The lowest BCUT2D eigenvalue weighted by atomic mass is 9.99. The van der Waals surface area contributed by atoms with Gasteiger partial charge in [0.1, 0.15) is 0 Å². The number of carbonyl (C=O) groups is 1. The molecule has 0 aliphatic carbocycles. The summed E-state index contributed by atoms with van der Waals surface area (Å²) >= 11 is 7.60. The molecule has 4 nitrogen and oxygen atoms in total. The first-order valence-corrected chi connectivity index (χ1v) is 10.5. The quantitative estimate of drug-likeness (QED) is 0.635. The van der Waals surface area contributed by atoms with E-state index >= 15 is 0 Å². The maximum Gasteiger partial charge on any atom is 0.258 e. The molecule has 27 heavy (non-hydrogen) atoms. The summed E-state index contributed by atoms with van der Waals surface area (Å²) in [5.41, 5.74) is 2.66. The maximum atomic E-state index is 12.4. The molecule has 6 heteroatoms. The fraction of sp³-hybridized carbons (Fsp3) is 0.333. The fourth-order valence-corrected chi connectivity index (χ4v) is 4.56. The minimum Gasteiger partial charge on any atom is -0.299 e. The zero-order valence-corrected chi connectivity index (χ0v) is 16.8. The third kappa shape index (κ3) is 4.32. The second-order valence-electron chi connectivity index (χ2n) is 7.21. The third-order valence-electron chi connectivity index (χ3n) is 5.07. The van der Waals surface area contributed by atoms with Crippen LogP contribution in [0.4, 0.5) is 5.13 Å². The molecule has 0 spiro atoms. The van der Waals surface area contributed by atoms with E-state index in [1.165, 1.54) is 42.8 Å². The van der Waals surface area contributed by atoms with Gasteiger partial charge < -0.3 is 0 Å². The minimum atomic E-state index is -0.234. The van der Waals surface area contributed by atoms with Gasteiger partial charge in [-0.1, -0.05) is 48.1 Å². The van der Waals surface area contributed by atoms with Gasteiger partial charge in [0.25, 0.3) is 5.91 Å². The van der Waals surface area contributed by atoms with Gasteiger partial charge in [-0.25, -0.2) is 4.98 Å². The monoisotopic (exact) mass is 399 g/mol. The molecule has 0 bridgehead atoms. The van der Waals surface area contributed by atoms with Crippen molar-refractivity contribution in [3.05, 3.63) is 58.6 Å². The molecule has 140 valence electrons. The van der Waals surface area contributed by atoms with Crippen molar-refractivity contribution in [3.8, 4) is 0 Å². The molecule has 4 rings (SSSR count). The summed E-state index contributed by atoms with van der Waals surface area (Å²) in [6, 6.07) is 13.4. The van der Waals surface area contributed by atoms with Gasteiger partial charge in [0.15, 0.2) is 5.13 Å². The number of halogens is 1. The summed E-state index contributed by atoms with van der Waals surface area (Å²) in [5, 5.41) is 3.90. The largest absolute Gasteiger partial charge is 0.299 e. The second-order valence-corrected chi connectivity index (χ2v) is 8.65. The first-order valence-electron chi connectivity index (χ1n) is 9.26. The van der Waals surface area contributed by atoms with Crippen molar-refractivity contribution in [1.29, 1.82) is 0 Å². The van der Waals surface area contributed by atoms with Gasteiger partial charge in [0, 0.05) is 6.54 Å². The van der Waals surface area contributed by atoms with Crippen molar-refractivity contribution in [2.75, 3.05) is 18.4 Å². The minimum absolute atomic E-state index is 0.234. The molecule has 1 saturated heterocycles. The molecule has 0 atom stereocenters. The van der Waals surface area contributed by atoms with Crippen LogP contribution in [0.15, 0.2) is 42.5 Å². The highest BCUT2D eigenvalue weighted by Crippen LogP contribution is 2.28. The molecule has 3 aromatic rings. The van der Waals surface area contributed by atoms with Crippen LogP contribution in [-0.2, 0) is 6.54 Å². The lowest BCUT2D eigenvalue weighted by Gasteiger charge is -2.30. The highest BCUT2D eigenvalue weighted by atomic mass is 35.5. The van der Waals surface area contributed by atoms with Crippen LogP contribution in [0.5, 0.6) is 0 Å². The predicted octanol–water partition coefficient (Wildman–Crippen LogP) is 5.43. The number of anilines is 1. The molecular formula is C21H22ClN3OS. The van der Waals surface area contributed by atoms with Crippen molar-refractivity contribution < 1.29 is 4.79 Å². The summed E-state index contributed by atoms with van der Waals surface area (Å²) in [4.78, 5) is 19.5. The van der Waals surface area contributed by atoms with E-state index in [2.05, 4.69) is 34.3 Å². The first kappa shape index (κ1) is 18.4. The SMILES string of the molecule is CC1CCN(Cc2ccc3nc(NC(=O)c4ccccc4Cl)sc3c2)CC1. The van der Waals surface area contributed by atoms with E-state index in [1.54, 1.807) is 24.3 Å². The van der Waals surface area contributed by atoms with Crippen LogP contribution in [0.1, 0.15) is 35.7 Å². The molecule has 2 aromatic carbocycles. The second kappa shape index (κ2) is 7.97. The number of fused-ring (bicyclic) bond motifs is 1. The van der Waals surface area contributed by atoms with Gasteiger partial charge in [0.05, 0.1) is 20.8 Å². The maximum absolute atomic E-state index is 12.4. The number of nitrogens with zero attached hydrogens (tertiary/aromatic N) is 2. The zero-order valence-electron chi connectivity index (χ0n) is 15.2. The normalized spacial score (nSPS) is 15.9. The standard InChI is InChI=1S/C21H22ClN3OS/c1-14-8-10-25(11-9-14)13-15-6-7-18-19(12-15)27-21(23-18)24-20(26)16-4-2-3-5-17(16)22/h2-7,12,14H,8-11,13H2,1H3,(H,23,24,26). The average molecular weight is 400 g/mol. The highest BCUT2D eigenvalue weighted by Gasteiger charge is 2.16. The highest BCUT2D eigenvalue weighted by molar-refractivity contribution is 7.22. The summed E-state index contributed by atoms with van der Waals surface area (Å²) < 4.78 is 1.09. The fourth-order valence-electron chi connectivity index (χ4n) is 3.41. The van der Waals surface area contributed by atoms with E-state index in [4.69, 9.17) is 11.6 Å². The lowest BCUT2D eigenvalue weighted by Crippen LogP contribution is -2.32. The number of carbonyl (C=O) groups excluding carboxylic acids is 1. The topological polar surface area (TPSA) is 45.2 Å². The Morgan fingerprint density at radius 3 is 2.81 bits per heavy atom. The summed E-state index contributed by atoms with van der Waals surface area (Å²) in [7, 11) is 0. The molecule has 2 heterocycles. The molecule has 1 N–H and O–H groups in total. The number of likely N-dealkylation sites (tertiary alicyclic amines) is 1. The lowest BCUT2D eigenvalue weighted by molar-refractivity contribution is 0.102. The number of nitrogens with one attached hydrogen (secondary N) is 1. The van der Waals surface area contributed by atoms with Crippen molar-refractivity contribution in [2.24, 2.45) is 5.92 Å². The van der Waals surface area contributed by atoms with Crippen molar-refractivity contribution in [1.82, 2.24) is 9.88 Å². The summed E-state index contributed by atoms with van der Waals surface area (Å²) in [5.74, 6) is 0.608. The third-order valence-corrected chi connectivity index (χ3v) is 6.34. The number of rotatable bonds is 4.